The van der Waals surface area contributed by atoms with Crippen LogP contribution in [0.1, 0.15) is 10.6 Å². The Morgan fingerprint density at radius 1 is 1.22 bits per heavy atom. The molecule has 2 aromatic carbocycles. The molecule has 0 radical (unpaired) electrons. The second kappa shape index (κ2) is 7.64. The zero-order chi connectivity index (χ0) is 22.2. The standard InChI is InChI=1S/C22H11N3O6S/c23-9-14(5-13-7-19-20(30-11-29-19)8-17(13)25(27)28)21-24-16(10-32-21)15-6-12-3-1-2-4-18(12)31-22(15)26/h1-8,10H,11H2. The number of hydrogen-bond donors (Lipinski definition) is 0. The van der Waals surface area contributed by atoms with E-state index in [4.69, 9.17) is 13.9 Å². The Morgan fingerprint density at radius 2 is 2.00 bits per heavy atom. The van der Waals surface area contributed by atoms with E-state index in [9.17, 15) is 20.2 Å². The van der Waals surface area contributed by atoms with Crippen molar-refractivity contribution in [2.24, 2.45) is 0 Å². The van der Waals surface area contributed by atoms with E-state index in [1.54, 1.807) is 23.6 Å². The van der Waals surface area contributed by atoms with Gasteiger partial charge in [0.25, 0.3) is 5.69 Å². The van der Waals surface area contributed by atoms with Crippen LogP contribution in [-0.2, 0) is 0 Å². The summed E-state index contributed by atoms with van der Waals surface area (Å²) in [5.74, 6) is 0.625. The monoisotopic (exact) mass is 445 g/mol. The van der Waals surface area contributed by atoms with Gasteiger partial charge in [0, 0.05) is 10.8 Å². The number of nitro groups is 1. The molecule has 9 nitrogen and oxygen atoms in total. The summed E-state index contributed by atoms with van der Waals surface area (Å²) in [5.41, 5.74) is 0.586. The number of allylic oxidation sites excluding steroid dienone is 1. The van der Waals surface area contributed by atoms with Gasteiger partial charge in [-0.15, -0.1) is 11.3 Å². The minimum atomic E-state index is -0.559. The summed E-state index contributed by atoms with van der Waals surface area (Å²) in [4.78, 5) is 27.8. The van der Waals surface area contributed by atoms with Gasteiger partial charge in [0.05, 0.1) is 33.4 Å². The van der Waals surface area contributed by atoms with Crippen LogP contribution in [-0.4, -0.2) is 16.7 Å². The lowest BCUT2D eigenvalue weighted by molar-refractivity contribution is -0.385. The van der Waals surface area contributed by atoms with Crippen LogP contribution in [0.25, 0.3) is 33.9 Å². The number of nitro benzene ring substituents is 1. The zero-order valence-corrected chi connectivity index (χ0v) is 16.9. The van der Waals surface area contributed by atoms with E-state index >= 15 is 0 Å². The minimum Gasteiger partial charge on any atom is -0.454 e. The molecule has 4 aromatic rings. The normalized spacial score (nSPS) is 12.7. The van der Waals surface area contributed by atoms with Crippen LogP contribution in [0.3, 0.4) is 0 Å². The summed E-state index contributed by atoms with van der Waals surface area (Å²) in [7, 11) is 0. The van der Waals surface area contributed by atoms with Crippen LogP contribution in [0.2, 0.25) is 0 Å². The lowest BCUT2D eigenvalue weighted by Crippen LogP contribution is -2.02. The first-order valence-electron chi connectivity index (χ1n) is 9.22. The molecule has 0 N–H and O–H groups in total. The number of thiazole rings is 1. The highest BCUT2D eigenvalue weighted by Crippen LogP contribution is 2.39. The van der Waals surface area contributed by atoms with Crippen molar-refractivity contribution >= 4 is 39.6 Å². The third-order valence-corrected chi connectivity index (χ3v) is 5.67. The first-order chi connectivity index (χ1) is 15.5. The van der Waals surface area contributed by atoms with Gasteiger partial charge in [-0.25, -0.2) is 9.78 Å². The van der Waals surface area contributed by atoms with Crippen molar-refractivity contribution in [1.29, 1.82) is 5.26 Å². The fourth-order valence-corrected chi connectivity index (χ4v) is 4.07. The number of nitriles is 1. The molecular weight excluding hydrogens is 434 g/mol. The van der Waals surface area contributed by atoms with Crippen molar-refractivity contribution in [1.82, 2.24) is 4.98 Å². The summed E-state index contributed by atoms with van der Waals surface area (Å²) >= 11 is 1.14. The SMILES string of the molecule is N#CC(=Cc1cc2c(cc1[N+](=O)[O-])OCO2)c1nc(-c2cc3ccccc3oc2=O)cs1. The van der Waals surface area contributed by atoms with E-state index in [0.29, 0.717) is 22.0 Å². The van der Waals surface area contributed by atoms with Gasteiger partial charge in [-0.05, 0) is 24.3 Å². The lowest BCUT2D eigenvalue weighted by Gasteiger charge is -2.02. The molecule has 5 rings (SSSR count). The molecule has 0 spiro atoms. The molecule has 0 fully saturated rings. The van der Waals surface area contributed by atoms with Gasteiger partial charge >= 0.3 is 5.63 Å². The molecule has 0 saturated carbocycles. The molecular formula is C22H11N3O6S. The number of hydrogen-bond acceptors (Lipinski definition) is 9. The predicted molar refractivity (Wildman–Crippen MR) is 116 cm³/mol. The fourth-order valence-electron chi connectivity index (χ4n) is 3.28. The number of fused-ring (bicyclic) bond motifs is 2. The molecule has 1 aliphatic rings. The van der Waals surface area contributed by atoms with Crippen molar-refractivity contribution in [3.8, 4) is 28.8 Å². The molecule has 32 heavy (non-hydrogen) atoms. The van der Waals surface area contributed by atoms with Crippen LogP contribution in [0, 0.1) is 21.4 Å². The van der Waals surface area contributed by atoms with Gasteiger partial charge in [0.15, 0.2) is 11.5 Å². The lowest BCUT2D eigenvalue weighted by atomic mass is 10.1. The molecule has 2 aromatic heterocycles. The Kier molecular flexibility index (Phi) is 4.65. The van der Waals surface area contributed by atoms with E-state index < -0.39 is 10.5 Å². The quantitative estimate of drug-likeness (QED) is 0.193. The summed E-state index contributed by atoms with van der Waals surface area (Å²) in [6.07, 6.45) is 1.37. The number of aromatic nitrogens is 1. The van der Waals surface area contributed by atoms with Crippen LogP contribution < -0.4 is 15.1 Å². The Balaban J connectivity index is 1.57. The number of para-hydroxylation sites is 1. The number of rotatable bonds is 4. The topological polar surface area (TPSA) is 128 Å². The zero-order valence-electron chi connectivity index (χ0n) is 16.1. The molecule has 0 bridgehead atoms. The third-order valence-electron chi connectivity index (χ3n) is 4.79. The van der Waals surface area contributed by atoms with Gasteiger partial charge in [0.1, 0.15) is 16.7 Å². The van der Waals surface area contributed by atoms with Crippen molar-refractivity contribution in [2.45, 2.75) is 0 Å². The van der Waals surface area contributed by atoms with Gasteiger partial charge in [0.2, 0.25) is 6.79 Å². The molecule has 0 unspecified atom stereocenters. The molecule has 156 valence electrons. The van der Waals surface area contributed by atoms with E-state index in [1.807, 2.05) is 18.2 Å². The Hall–Kier alpha value is -4.49. The predicted octanol–water partition coefficient (Wildman–Crippen LogP) is 4.62. The highest BCUT2D eigenvalue weighted by molar-refractivity contribution is 7.11. The molecule has 1 aliphatic heterocycles. The highest BCUT2D eigenvalue weighted by atomic mass is 32.1. The number of benzene rings is 2. The van der Waals surface area contributed by atoms with Crippen molar-refractivity contribution in [3.05, 3.63) is 79.0 Å². The van der Waals surface area contributed by atoms with Gasteiger partial charge in [-0.1, -0.05) is 18.2 Å². The maximum atomic E-state index is 12.4. The molecule has 0 saturated heterocycles. The van der Waals surface area contributed by atoms with Crippen molar-refractivity contribution in [3.63, 3.8) is 0 Å². The summed E-state index contributed by atoms with van der Waals surface area (Å²) in [6.45, 7) is -0.0328. The fraction of sp³-hybridized carbons (Fsp3) is 0.0455. The van der Waals surface area contributed by atoms with Crippen molar-refractivity contribution in [2.75, 3.05) is 6.79 Å². The molecule has 0 atom stereocenters. The van der Waals surface area contributed by atoms with Gasteiger partial charge in [-0.2, -0.15) is 5.26 Å². The Labute approximate surface area is 183 Å². The van der Waals surface area contributed by atoms with Crippen molar-refractivity contribution < 1.29 is 18.8 Å². The first kappa shape index (κ1) is 19.5. The molecule has 3 heterocycles. The molecule has 0 aliphatic carbocycles. The minimum absolute atomic E-state index is 0.0328. The Morgan fingerprint density at radius 3 is 2.78 bits per heavy atom. The highest BCUT2D eigenvalue weighted by Gasteiger charge is 2.23. The Bertz CT molecular complexity index is 1530. The molecule has 0 amide bonds. The van der Waals surface area contributed by atoms with E-state index in [2.05, 4.69) is 4.98 Å². The van der Waals surface area contributed by atoms with Crippen LogP contribution in [0.5, 0.6) is 11.5 Å². The van der Waals surface area contributed by atoms with Gasteiger partial charge < -0.3 is 13.9 Å². The average Bonchev–Trinajstić information content (AvgIpc) is 3.45. The number of nitrogens with zero attached hydrogens (tertiary/aromatic N) is 3. The van der Waals surface area contributed by atoms with Crippen LogP contribution in [0.15, 0.2) is 57.1 Å². The third kappa shape index (κ3) is 3.36. The first-order valence-corrected chi connectivity index (χ1v) is 10.1. The summed E-state index contributed by atoms with van der Waals surface area (Å²) in [6, 6.07) is 13.5. The van der Waals surface area contributed by atoms with Crippen LogP contribution in [0.4, 0.5) is 5.69 Å². The van der Waals surface area contributed by atoms with E-state index in [1.165, 1.54) is 18.2 Å². The smallest absolute Gasteiger partial charge is 0.345 e. The second-order valence-corrected chi connectivity index (χ2v) is 7.57. The van der Waals surface area contributed by atoms with E-state index in [0.717, 1.165) is 16.7 Å². The summed E-state index contributed by atoms with van der Waals surface area (Å²) < 4.78 is 15.8. The van der Waals surface area contributed by atoms with E-state index in [-0.39, 0.29) is 34.9 Å². The maximum Gasteiger partial charge on any atom is 0.345 e. The van der Waals surface area contributed by atoms with Crippen LogP contribution >= 0.6 is 11.3 Å². The second-order valence-electron chi connectivity index (χ2n) is 6.71. The summed E-state index contributed by atoms with van der Waals surface area (Å²) in [5, 5.41) is 23.9. The molecule has 10 heteroatoms. The van der Waals surface area contributed by atoms with Gasteiger partial charge in [-0.3, -0.25) is 10.1 Å². The largest absolute Gasteiger partial charge is 0.454 e. The number of ether oxygens (including phenoxy) is 2. The maximum absolute atomic E-state index is 12.4. The average molecular weight is 445 g/mol.